The molecule has 1 saturated heterocycles. The van der Waals surface area contributed by atoms with Gasteiger partial charge in [-0.15, -0.1) is 16.4 Å². The molecule has 3 rings (SSSR count). The Morgan fingerprint density at radius 1 is 1.33 bits per heavy atom. The summed E-state index contributed by atoms with van der Waals surface area (Å²) in [6, 6.07) is 2.39. The van der Waals surface area contributed by atoms with Crippen molar-refractivity contribution in [3.05, 3.63) is 32.9 Å². The summed E-state index contributed by atoms with van der Waals surface area (Å²) < 4.78 is 0. The highest BCUT2D eigenvalue weighted by Gasteiger charge is 2.27. The number of aromatic nitrogens is 3. The summed E-state index contributed by atoms with van der Waals surface area (Å²) in [6.45, 7) is 7.98. The van der Waals surface area contributed by atoms with Crippen molar-refractivity contribution in [2.24, 2.45) is 0 Å². The fraction of sp³-hybridized carbons (Fsp3) is 0.556. The molecule has 3 heterocycles. The van der Waals surface area contributed by atoms with Gasteiger partial charge in [-0.3, -0.25) is 0 Å². The van der Waals surface area contributed by atoms with E-state index in [0.29, 0.717) is 11.5 Å². The van der Waals surface area contributed by atoms with Crippen LogP contribution in [0, 0.1) is 18.3 Å². The van der Waals surface area contributed by atoms with Gasteiger partial charge in [0.25, 0.3) is 0 Å². The molecular formula is C18H23N5S. The Morgan fingerprint density at radius 2 is 2.17 bits per heavy atom. The van der Waals surface area contributed by atoms with Crippen LogP contribution in [0.4, 0.5) is 5.82 Å². The van der Waals surface area contributed by atoms with E-state index in [1.807, 2.05) is 6.92 Å². The Hall–Kier alpha value is -2.00. The first-order valence-electron chi connectivity index (χ1n) is 8.63. The summed E-state index contributed by atoms with van der Waals surface area (Å²) in [5, 5.41) is 21.8. The first-order valence-corrected chi connectivity index (χ1v) is 9.51. The number of hydrogen-bond acceptors (Lipinski definition) is 6. The lowest BCUT2D eigenvalue weighted by Gasteiger charge is -2.33. The zero-order valence-corrected chi connectivity index (χ0v) is 15.4. The van der Waals surface area contributed by atoms with Crippen molar-refractivity contribution < 1.29 is 0 Å². The van der Waals surface area contributed by atoms with Gasteiger partial charge in [0.2, 0.25) is 0 Å². The Bertz CT molecular complexity index is 761. The molecule has 2 aromatic rings. The summed E-state index contributed by atoms with van der Waals surface area (Å²) >= 11 is 1.74. The number of hydrogen-bond donors (Lipinski definition) is 0. The molecule has 126 valence electrons. The van der Waals surface area contributed by atoms with Gasteiger partial charge in [0.15, 0.2) is 5.82 Å². The van der Waals surface area contributed by atoms with Gasteiger partial charge in [0.05, 0.1) is 10.7 Å². The van der Waals surface area contributed by atoms with Crippen LogP contribution in [0.15, 0.2) is 5.38 Å². The predicted octanol–water partition coefficient (Wildman–Crippen LogP) is 3.62. The van der Waals surface area contributed by atoms with Gasteiger partial charge in [-0.2, -0.15) is 10.4 Å². The lowest BCUT2D eigenvalue weighted by atomic mass is 9.97. The molecule has 0 amide bonds. The fourth-order valence-corrected chi connectivity index (χ4v) is 4.36. The van der Waals surface area contributed by atoms with Gasteiger partial charge in [0.1, 0.15) is 11.6 Å². The first-order chi connectivity index (χ1) is 11.7. The number of anilines is 1. The number of nitriles is 1. The first kappa shape index (κ1) is 16.8. The van der Waals surface area contributed by atoms with Crippen molar-refractivity contribution in [3.63, 3.8) is 0 Å². The van der Waals surface area contributed by atoms with E-state index in [4.69, 9.17) is 0 Å². The zero-order chi connectivity index (χ0) is 17.1. The van der Waals surface area contributed by atoms with Crippen LogP contribution in [0.25, 0.3) is 0 Å². The molecule has 1 aliphatic rings. The van der Waals surface area contributed by atoms with Gasteiger partial charge < -0.3 is 4.90 Å². The van der Waals surface area contributed by atoms with E-state index in [9.17, 15) is 5.26 Å². The van der Waals surface area contributed by atoms with Gasteiger partial charge in [-0.25, -0.2) is 4.98 Å². The number of aryl methyl sites for hydroxylation is 2. The maximum Gasteiger partial charge on any atom is 0.169 e. The van der Waals surface area contributed by atoms with Crippen LogP contribution in [-0.2, 0) is 12.8 Å². The molecule has 1 atom stereocenters. The molecule has 0 N–H and O–H groups in total. The summed E-state index contributed by atoms with van der Waals surface area (Å²) in [5.74, 6) is 1.17. The molecule has 0 bridgehead atoms. The quantitative estimate of drug-likeness (QED) is 0.850. The summed E-state index contributed by atoms with van der Waals surface area (Å²) in [7, 11) is 0. The van der Waals surface area contributed by atoms with Gasteiger partial charge in [0, 0.05) is 30.1 Å². The molecule has 0 aromatic carbocycles. The van der Waals surface area contributed by atoms with E-state index in [1.165, 1.54) is 5.01 Å². The average molecular weight is 341 g/mol. The highest BCUT2D eigenvalue weighted by Crippen LogP contribution is 2.33. The van der Waals surface area contributed by atoms with Crippen LogP contribution in [0.3, 0.4) is 0 Å². The largest absolute Gasteiger partial charge is 0.353 e. The van der Waals surface area contributed by atoms with Crippen LogP contribution in [0.5, 0.6) is 0 Å². The molecule has 0 saturated carbocycles. The Labute approximate surface area is 147 Å². The van der Waals surface area contributed by atoms with Gasteiger partial charge >= 0.3 is 0 Å². The second-order valence-corrected chi connectivity index (χ2v) is 7.14. The minimum atomic E-state index is 0.418. The van der Waals surface area contributed by atoms with E-state index in [1.54, 1.807) is 11.3 Å². The topological polar surface area (TPSA) is 65.7 Å². The van der Waals surface area contributed by atoms with Crippen molar-refractivity contribution in [3.8, 4) is 6.07 Å². The third-order valence-electron chi connectivity index (χ3n) is 4.65. The van der Waals surface area contributed by atoms with Crippen LogP contribution in [-0.4, -0.2) is 28.3 Å². The molecule has 0 radical (unpaired) electrons. The maximum absolute atomic E-state index is 9.71. The van der Waals surface area contributed by atoms with Crippen LogP contribution >= 0.6 is 11.3 Å². The normalized spacial score (nSPS) is 17.8. The van der Waals surface area contributed by atoms with E-state index >= 15 is 0 Å². The predicted molar refractivity (Wildman–Crippen MR) is 96.5 cm³/mol. The van der Waals surface area contributed by atoms with Crippen molar-refractivity contribution >= 4 is 17.2 Å². The molecule has 1 aliphatic heterocycles. The minimum absolute atomic E-state index is 0.418. The van der Waals surface area contributed by atoms with Crippen molar-refractivity contribution in [1.82, 2.24) is 15.2 Å². The number of thiazole rings is 1. The smallest absolute Gasteiger partial charge is 0.169 e. The third-order valence-corrected chi connectivity index (χ3v) is 5.77. The van der Waals surface area contributed by atoms with Crippen LogP contribution < -0.4 is 4.90 Å². The van der Waals surface area contributed by atoms with Crippen molar-refractivity contribution in [1.29, 1.82) is 5.26 Å². The second-order valence-electron chi connectivity index (χ2n) is 6.26. The molecule has 0 spiro atoms. The highest BCUT2D eigenvalue weighted by atomic mass is 32.1. The summed E-state index contributed by atoms with van der Waals surface area (Å²) in [5.41, 5.74) is 3.80. The summed E-state index contributed by atoms with van der Waals surface area (Å²) in [6.07, 6.45) is 3.86. The lowest BCUT2D eigenvalue weighted by Crippen LogP contribution is -2.36. The number of piperidine rings is 1. The fourth-order valence-electron chi connectivity index (χ4n) is 3.43. The van der Waals surface area contributed by atoms with Crippen LogP contribution in [0.1, 0.15) is 60.1 Å². The molecule has 1 fully saturated rings. The highest BCUT2D eigenvalue weighted by molar-refractivity contribution is 7.09. The Balaban J connectivity index is 1.92. The molecule has 5 nitrogen and oxygen atoms in total. The maximum atomic E-state index is 9.71. The zero-order valence-electron chi connectivity index (χ0n) is 14.5. The van der Waals surface area contributed by atoms with E-state index in [-0.39, 0.29) is 0 Å². The Kier molecular flexibility index (Phi) is 5.10. The van der Waals surface area contributed by atoms with Gasteiger partial charge in [-0.1, -0.05) is 13.8 Å². The summed E-state index contributed by atoms with van der Waals surface area (Å²) in [4.78, 5) is 6.89. The van der Waals surface area contributed by atoms with Crippen molar-refractivity contribution in [2.75, 3.05) is 18.0 Å². The monoisotopic (exact) mass is 341 g/mol. The molecule has 6 heteroatoms. The minimum Gasteiger partial charge on any atom is -0.353 e. The van der Waals surface area contributed by atoms with E-state index in [0.717, 1.165) is 61.5 Å². The van der Waals surface area contributed by atoms with E-state index in [2.05, 4.69) is 45.4 Å². The third kappa shape index (κ3) is 3.13. The van der Waals surface area contributed by atoms with E-state index < -0.39 is 0 Å². The lowest BCUT2D eigenvalue weighted by molar-refractivity contribution is 0.503. The molecule has 2 aromatic heterocycles. The average Bonchev–Trinajstić information content (AvgIpc) is 3.06. The number of rotatable bonds is 4. The standard InChI is InChI=1S/C18H23N5S/c1-4-14-15(9-19)17(22-21-16(14)5-2)23-8-6-7-13(10-23)18-20-12(3)11-24-18/h11,13H,4-8,10H2,1-3H3. The molecular weight excluding hydrogens is 318 g/mol. The molecule has 0 aliphatic carbocycles. The SMILES string of the molecule is CCc1nnc(N2CCCC(c3nc(C)cs3)C2)c(C#N)c1CC. The van der Waals surface area contributed by atoms with Crippen LogP contribution in [0.2, 0.25) is 0 Å². The molecule has 1 unspecified atom stereocenters. The number of nitrogens with zero attached hydrogens (tertiary/aromatic N) is 5. The van der Waals surface area contributed by atoms with Crippen molar-refractivity contribution in [2.45, 2.75) is 52.4 Å². The second kappa shape index (κ2) is 7.27. The molecule has 24 heavy (non-hydrogen) atoms. The van der Waals surface area contributed by atoms with Gasteiger partial charge in [-0.05, 0) is 38.2 Å². The Morgan fingerprint density at radius 3 is 2.79 bits per heavy atom.